The molecule has 0 unspecified atom stereocenters. The molecule has 0 atom stereocenters. The third-order valence-corrected chi connectivity index (χ3v) is 2.91. The fraction of sp³-hybridized carbons (Fsp3) is 0.727. The standard InChI is InChI=1S/C11H18N4O2/c1-8-13-10(17-15-8)7-12-11(16)14-9-5-3-2-4-6-9/h9H,2-7H2,1H3,(H2,12,14,16). The Bertz CT molecular complexity index is 371. The predicted molar refractivity (Wildman–Crippen MR) is 61.3 cm³/mol. The molecule has 1 fully saturated rings. The molecule has 94 valence electrons. The number of carbonyl (C=O) groups is 1. The second-order valence-corrected chi connectivity index (χ2v) is 4.40. The fourth-order valence-electron chi connectivity index (χ4n) is 2.05. The Morgan fingerprint density at radius 1 is 1.41 bits per heavy atom. The van der Waals surface area contributed by atoms with Crippen molar-refractivity contribution in [2.24, 2.45) is 0 Å². The summed E-state index contributed by atoms with van der Waals surface area (Å²) in [6.45, 7) is 2.02. The van der Waals surface area contributed by atoms with Gasteiger partial charge in [0.2, 0.25) is 5.89 Å². The van der Waals surface area contributed by atoms with Crippen LogP contribution in [0, 0.1) is 6.92 Å². The van der Waals surface area contributed by atoms with Crippen molar-refractivity contribution in [1.82, 2.24) is 20.8 Å². The molecule has 2 rings (SSSR count). The summed E-state index contributed by atoms with van der Waals surface area (Å²) >= 11 is 0. The van der Waals surface area contributed by atoms with E-state index in [1.54, 1.807) is 6.92 Å². The Labute approximate surface area is 100 Å². The lowest BCUT2D eigenvalue weighted by Gasteiger charge is -2.22. The Balaban J connectivity index is 1.70. The van der Waals surface area contributed by atoms with Crippen molar-refractivity contribution in [2.75, 3.05) is 0 Å². The highest BCUT2D eigenvalue weighted by Crippen LogP contribution is 2.17. The van der Waals surface area contributed by atoms with Gasteiger partial charge in [-0.2, -0.15) is 4.98 Å². The number of nitrogens with one attached hydrogen (secondary N) is 2. The molecule has 0 radical (unpaired) electrons. The zero-order valence-corrected chi connectivity index (χ0v) is 10.0. The number of aromatic nitrogens is 2. The van der Waals surface area contributed by atoms with Gasteiger partial charge in [0.15, 0.2) is 5.82 Å². The highest BCUT2D eigenvalue weighted by atomic mass is 16.5. The maximum atomic E-state index is 11.6. The summed E-state index contributed by atoms with van der Waals surface area (Å²) in [6.07, 6.45) is 5.84. The Morgan fingerprint density at radius 3 is 2.82 bits per heavy atom. The summed E-state index contributed by atoms with van der Waals surface area (Å²) in [5.41, 5.74) is 0. The summed E-state index contributed by atoms with van der Waals surface area (Å²) in [5, 5.41) is 9.32. The van der Waals surface area contributed by atoms with Crippen LogP contribution in [0.25, 0.3) is 0 Å². The monoisotopic (exact) mass is 238 g/mol. The van der Waals surface area contributed by atoms with Crippen LogP contribution in [-0.4, -0.2) is 22.2 Å². The minimum atomic E-state index is -0.159. The number of hydrogen-bond acceptors (Lipinski definition) is 4. The minimum absolute atomic E-state index is 0.159. The van der Waals surface area contributed by atoms with Gasteiger partial charge in [0.1, 0.15) is 0 Å². The van der Waals surface area contributed by atoms with Crippen molar-refractivity contribution >= 4 is 6.03 Å². The van der Waals surface area contributed by atoms with Gasteiger partial charge in [-0.3, -0.25) is 0 Å². The number of rotatable bonds is 3. The van der Waals surface area contributed by atoms with Gasteiger partial charge in [-0.05, 0) is 19.8 Å². The van der Waals surface area contributed by atoms with E-state index < -0.39 is 0 Å². The number of hydrogen-bond donors (Lipinski definition) is 2. The molecule has 2 N–H and O–H groups in total. The first-order valence-electron chi connectivity index (χ1n) is 6.07. The van der Waals surface area contributed by atoms with Gasteiger partial charge in [0, 0.05) is 6.04 Å². The number of aryl methyl sites for hydroxylation is 1. The first-order chi connectivity index (χ1) is 8.24. The first-order valence-corrected chi connectivity index (χ1v) is 6.07. The molecule has 0 bridgehead atoms. The lowest BCUT2D eigenvalue weighted by molar-refractivity contribution is 0.230. The van der Waals surface area contributed by atoms with E-state index in [9.17, 15) is 4.79 Å². The number of urea groups is 1. The van der Waals surface area contributed by atoms with Crippen molar-refractivity contribution < 1.29 is 9.32 Å². The first kappa shape index (κ1) is 11.9. The van der Waals surface area contributed by atoms with Crippen LogP contribution < -0.4 is 10.6 Å². The van der Waals surface area contributed by atoms with E-state index in [0.717, 1.165) is 12.8 Å². The van der Waals surface area contributed by atoms with E-state index in [2.05, 4.69) is 20.8 Å². The average molecular weight is 238 g/mol. The topological polar surface area (TPSA) is 80.0 Å². The fourth-order valence-corrected chi connectivity index (χ4v) is 2.05. The number of carbonyl (C=O) groups excluding carboxylic acids is 1. The summed E-state index contributed by atoms with van der Waals surface area (Å²) in [5.74, 6) is 1.01. The molecule has 6 nitrogen and oxygen atoms in total. The zero-order valence-electron chi connectivity index (χ0n) is 10.0. The van der Waals surface area contributed by atoms with E-state index in [-0.39, 0.29) is 12.6 Å². The highest BCUT2D eigenvalue weighted by molar-refractivity contribution is 5.74. The van der Waals surface area contributed by atoms with Crippen LogP contribution in [0.15, 0.2) is 4.52 Å². The van der Waals surface area contributed by atoms with Crippen LogP contribution in [0.3, 0.4) is 0 Å². The van der Waals surface area contributed by atoms with Crippen LogP contribution in [0.4, 0.5) is 4.79 Å². The van der Waals surface area contributed by atoms with Gasteiger partial charge in [0.25, 0.3) is 0 Å². The summed E-state index contributed by atoms with van der Waals surface area (Å²) in [7, 11) is 0. The van der Waals surface area contributed by atoms with Crippen molar-refractivity contribution in [1.29, 1.82) is 0 Å². The molecule has 17 heavy (non-hydrogen) atoms. The molecule has 0 saturated heterocycles. The van der Waals surface area contributed by atoms with Crippen molar-refractivity contribution in [3.8, 4) is 0 Å². The lowest BCUT2D eigenvalue weighted by Crippen LogP contribution is -2.42. The molecule has 1 saturated carbocycles. The van der Waals surface area contributed by atoms with E-state index >= 15 is 0 Å². The van der Waals surface area contributed by atoms with E-state index in [1.165, 1.54) is 19.3 Å². The van der Waals surface area contributed by atoms with Crippen LogP contribution in [-0.2, 0) is 6.54 Å². The average Bonchev–Trinajstić information content (AvgIpc) is 2.74. The molecule has 1 heterocycles. The molecule has 6 heteroatoms. The van der Waals surface area contributed by atoms with Crippen molar-refractivity contribution in [3.05, 3.63) is 11.7 Å². The van der Waals surface area contributed by atoms with Gasteiger partial charge in [0.05, 0.1) is 6.54 Å². The highest BCUT2D eigenvalue weighted by Gasteiger charge is 2.15. The normalized spacial score (nSPS) is 16.8. The van der Waals surface area contributed by atoms with Crippen LogP contribution in [0.1, 0.15) is 43.8 Å². The summed E-state index contributed by atoms with van der Waals surface area (Å²) < 4.78 is 4.90. The lowest BCUT2D eigenvalue weighted by atomic mass is 9.96. The molecule has 0 aliphatic heterocycles. The second-order valence-electron chi connectivity index (χ2n) is 4.40. The maximum absolute atomic E-state index is 11.6. The Morgan fingerprint density at radius 2 is 2.18 bits per heavy atom. The summed E-state index contributed by atoms with van der Waals surface area (Å²) in [6, 6.07) is 0.154. The molecule has 1 aliphatic rings. The van der Waals surface area contributed by atoms with Gasteiger partial charge in [-0.15, -0.1) is 0 Å². The molecular weight excluding hydrogens is 220 g/mol. The third-order valence-electron chi connectivity index (χ3n) is 2.91. The van der Waals surface area contributed by atoms with Crippen LogP contribution >= 0.6 is 0 Å². The van der Waals surface area contributed by atoms with E-state index in [4.69, 9.17) is 4.52 Å². The third kappa shape index (κ3) is 3.72. The molecule has 2 amide bonds. The van der Waals surface area contributed by atoms with Crippen molar-refractivity contribution in [2.45, 2.75) is 51.6 Å². The van der Waals surface area contributed by atoms with Gasteiger partial charge in [-0.25, -0.2) is 4.79 Å². The SMILES string of the molecule is Cc1noc(CNC(=O)NC2CCCCC2)n1. The van der Waals surface area contributed by atoms with Crippen LogP contribution in [0.2, 0.25) is 0 Å². The number of nitrogens with zero attached hydrogens (tertiary/aromatic N) is 2. The van der Waals surface area contributed by atoms with Crippen molar-refractivity contribution in [3.63, 3.8) is 0 Å². The van der Waals surface area contributed by atoms with E-state index in [0.29, 0.717) is 17.8 Å². The Kier molecular flexibility index (Phi) is 3.95. The van der Waals surface area contributed by atoms with Gasteiger partial charge >= 0.3 is 6.03 Å². The van der Waals surface area contributed by atoms with Gasteiger partial charge < -0.3 is 15.2 Å². The number of amides is 2. The minimum Gasteiger partial charge on any atom is -0.337 e. The zero-order chi connectivity index (χ0) is 12.1. The van der Waals surface area contributed by atoms with Crippen LogP contribution in [0.5, 0.6) is 0 Å². The largest absolute Gasteiger partial charge is 0.337 e. The maximum Gasteiger partial charge on any atom is 0.315 e. The molecule has 0 spiro atoms. The molecule has 1 aliphatic carbocycles. The smallest absolute Gasteiger partial charge is 0.315 e. The quantitative estimate of drug-likeness (QED) is 0.836. The second kappa shape index (κ2) is 5.65. The predicted octanol–water partition coefficient (Wildman–Crippen LogP) is 1.51. The van der Waals surface area contributed by atoms with Gasteiger partial charge in [-0.1, -0.05) is 24.4 Å². The molecule has 1 aromatic heterocycles. The Hall–Kier alpha value is -1.59. The molecule has 1 aromatic rings. The van der Waals surface area contributed by atoms with E-state index in [1.807, 2.05) is 0 Å². The summed E-state index contributed by atoms with van der Waals surface area (Å²) in [4.78, 5) is 15.6. The molecular formula is C11H18N4O2. The molecule has 0 aromatic carbocycles.